The Labute approximate surface area is 180 Å². The van der Waals surface area contributed by atoms with E-state index in [4.69, 9.17) is 9.47 Å². The Morgan fingerprint density at radius 3 is 2.55 bits per heavy atom. The van der Waals surface area contributed by atoms with Crippen molar-refractivity contribution >= 4 is 27.5 Å². The van der Waals surface area contributed by atoms with Gasteiger partial charge in [0.25, 0.3) is 5.91 Å². The number of nitrogens with one attached hydrogen (secondary N) is 1. The van der Waals surface area contributed by atoms with Crippen LogP contribution < -0.4 is 14.8 Å². The Kier molecular flexibility index (Phi) is 7.70. The summed E-state index contributed by atoms with van der Waals surface area (Å²) < 4.78 is 12.4. The van der Waals surface area contributed by atoms with Crippen LogP contribution in [0.3, 0.4) is 0 Å². The van der Waals surface area contributed by atoms with Crippen molar-refractivity contribution in [2.24, 2.45) is 0 Å². The van der Waals surface area contributed by atoms with Crippen molar-refractivity contribution in [1.29, 1.82) is 0 Å². The molecule has 0 bridgehead atoms. The smallest absolute Gasteiger partial charge is 0.259 e. The van der Waals surface area contributed by atoms with Gasteiger partial charge in [-0.25, -0.2) is 0 Å². The number of hydrogen-bond donors (Lipinski definition) is 1. The molecule has 0 spiro atoms. The van der Waals surface area contributed by atoms with Gasteiger partial charge in [-0.05, 0) is 42.3 Å². The first kappa shape index (κ1) is 20.9. The zero-order valence-electron chi connectivity index (χ0n) is 16.4. The van der Waals surface area contributed by atoms with Gasteiger partial charge in [0.2, 0.25) is 0 Å². The highest BCUT2D eigenvalue weighted by molar-refractivity contribution is 9.10. The molecule has 0 aliphatic rings. The van der Waals surface area contributed by atoms with E-state index in [1.54, 1.807) is 12.1 Å². The maximum atomic E-state index is 12.8. The van der Waals surface area contributed by atoms with Crippen molar-refractivity contribution < 1.29 is 14.3 Å². The third-order valence-electron chi connectivity index (χ3n) is 4.24. The fourth-order valence-corrected chi connectivity index (χ4v) is 3.17. The summed E-state index contributed by atoms with van der Waals surface area (Å²) in [5, 5.41) is 2.93. The van der Waals surface area contributed by atoms with Gasteiger partial charge in [0.05, 0.1) is 18.8 Å². The highest BCUT2D eigenvalue weighted by atomic mass is 79.9. The third-order valence-corrected chi connectivity index (χ3v) is 4.74. The molecule has 0 aromatic heterocycles. The first-order valence-electron chi connectivity index (χ1n) is 9.66. The molecule has 0 radical (unpaired) electrons. The monoisotopic (exact) mass is 453 g/mol. The lowest BCUT2D eigenvalue weighted by Crippen LogP contribution is -2.14. The molecule has 3 aromatic rings. The summed E-state index contributed by atoms with van der Waals surface area (Å²) in [4.78, 5) is 12.8. The van der Waals surface area contributed by atoms with Gasteiger partial charge in [-0.2, -0.15) is 0 Å². The molecular formula is C24H24BrNO3. The van der Waals surface area contributed by atoms with Gasteiger partial charge in [0, 0.05) is 22.6 Å². The van der Waals surface area contributed by atoms with Gasteiger partial charge in [-0.15, -0.1) is 0 Å². The van der Waals surface area contributed by atoms with Crippen molar-refractivity contribution in [1.82, 2.24) is 0 Å². The summed E-state index contributed by atoms with van der Waals surface area (Å²) in [5.74, 6) is 1.07. The van der Waals surface area contributed by atoms with Crippen molar-refractivity contribution in [2.45, 2.75) is 19.8 Å². The highest BCUT2D eigenvalue weighted by Crippen LogP contribution is 2.25. The molecule has 0 saturated carbocycles. The van der Waals surface area contributed by atoms with E-state index in [0.29, 0.717) is 30.2 Å². The topological polar surface area (TPSA) is 47.6 Å². The van der Waals surface area contributed by atoms with E-state index in [1.807, 2.05) is 55.5 Å². The van der Waals surface area contributed by atoms with Crippen LogP contribution in [-0.4, -0.2) is 19.1 Å². The van der Waals surface area contributed by atoms with Crippen LogP contribution in [0.15, 0.2) is 77.3 Å². The molecule has 1 N–H and O–H groups in total. The van der Waals surface area contributed by atoms with Crippen molar-refractivity contribution in [3.8, 4) is 11.5 Å². The summed E-state index contributed by atoms with van der Waals surface area (Å²) in [7, 11) is 0. The van der Waals surface area contributed by atoms with E-state index in [2.05, 4.69) is 33.4 Å². The largest absolute Gasteiger partial charge is 0.493 e. The minimum atomic E-state index is -0.223. The van der Waals surface area contributed by atoms with Crippen molar-refractivity contribution in [2.75, 3.05) is 18.5 Å². The molecule has 0 atom stereocenters. The number of carbonyl (C=O) groups excluding carboxylic acids is 1. The summed E-state index contributed by atoms with van der Waals surface area (Å²) in [5.41, 5.74) is 2.39. The van der Waals surface area contributed by atoms with E-state index in [0.717, 1.165) is 23.1 Å². The fraction of sp³-hybridized carbons (Fsp3) is 0.208. The number of rotatable bonds is 9. The summed E-state index contributed by atoms with van der Waals surface area (Å²) in [6, 6.07) is 23.0. The van der Waals surface area contributed by atoms with Crippen LogP contribution >= 0.6 is 15.9 Å². The molecule has 0 heterocycles. The fourth-order valence-electron chi connectivity index (χ4n) is 2.81. The number of benzene rings is 3. The normalized spacial score (nSPS) is 10.4. The molecule has 3 aromatic carbocycles. The Balaban J connectivity index is 1.64. The molecule has 0 unspecified atom stereocenters. The zero-order valence-corrected chi connectivity index (χ0v) is 17.9. The lowest BCUT2D eigenvalue weighted by molar-refractivity contribution is 0.102. The molecule has 0 aliphatic heterocycles. The van der Waals surface area contributed by atoms with Gasteiger partial charge in [0.15, 0.2) is 0 Å². The average molecular weight is 454 g/mol. The maximum absolute atomic E-state index is 12.8. The molecule has 150 valence electrons. The third kappa shape index (κ3) is 6.36. The number of hydrogen-bond acceptors (Lipinski definition) is 3. The van der Waals surface area contributed by atoms with E-state index < -0.39 is 0 Å². The molecule has 29 heavy (non-hydrogen) atoms. The van der Waals surface area contributed by atoms with Crippen LogP contribution in [-0.2, 0) is 6.42 Å². The minimum absolute atomic E-state index is 0.223. The lowest BCUT2D eigenvalue weighted by atomic mass is 10.1. The maximum Gasteiger partial charge on any atom is 0.259 e. The summed E-state index contributed by atoms with van der Waals surface area (Å²) in [6.45, 7) is 3.16. The minimum Gasteiger partial charge on any atom is -0.493 e. The SMILES string of the molecule is CCCOc1ccc(Br)cc1C(=O)Nc1cccc(OCCc2ccccc2)c1. The molecule has 0 aliphatic carbocycles. The van der Waals surface area contributed by atoms with Gasteiger partial charge < -0.3 is 14.8 Å². The number of ether oxygens (including phenoxy) is 2. The van der Waals surface area contributed by atoms with E-state index >= 15 is 0 Å². The predicted octanol–water partition coefficient (Wildman–Crippen LogP) is 6.11. The second-order valence-corrected chi connectivity index (χ2v) is 7.47. The van der Waals surface area contributed by atoms with Crippen LogP contribution in [0.5, 0.6) is 11.5 Å². The highest BCUT2D eigenvalue weighted by Gasteiger charge is 2.14. The van der Waals surface area contributed by atoms with Gasteiger partial charge in [-0.3, -0.25) is 4.79 Å². The number of halogens is 1. The molecule has 5 heteroatoms. The van der Waals surface area contributed by atoms with Crippen LogP contribution in [0.1, 0.15) is 29.3 Å². The van der Waals surface area contributed by atoms with Crippen LogP contribution in [0.25, 0.3) is 0 Å². The number of anilines is 1. The van der Waals surface area contributed by atoms with Gasteiger partial charge in [-0.1, -0.05) is 59.3 Å². The van der Waals surface area contributed by atoms with Crippen LogP contribution in [0.2, 0.25) is 0 Å². The van der Waals surface area contributed by atoms with E-state index in [-0.39, 0.29) is 5.91 Å². The Morgan fingerprint density at radius 1 is 0.931 bits per heavy atom. The molecule has 3 rings (SSSR count). The first-order valence-corrected chi connectivity index (χ1v) is 10.5. The second-order valence-electron chi connectivity index (χ2n) is 6.55. The number of amides is 1. The van der Waals surface area contributed by atoms with Crippen LogP contribution in [0.4, 0.5) is 5.69 Å². The molecular weight excluding hydrogens is 430 g/mol. The Hall–Kier alpha value is -2.79. The van der Waals surface area contributed by atoms with Gasteiger partial charge >= 0.3 is 0 Å². The molecule has 1 amide bonds. The summed E-state index contributed by atoms with van der Waals surface area (Å²) >= 11 is 3.42. The Bertz CT molecular complexity index is 944. The molecule has 4 nitrogen and oxygen atoms in total. The second kappa shape index (κ2) is 10.7. The standard InChI is InChI=1S/C24H24BrNO3/c1-2-14-29-23-12-11-19(25)16-22(23)24(27)26-20-9-6-10-21(17-20)28-15-13-18-7-4-3-5-8-18/h3-12,16-17H,2,13-15H2,1H3,(H,26,27). The molecule has 0 saturated heterocycles. The van der Waals surface area contributed by atoms with Crippen molar-refractivity contribution in [3.63, 3.8) is 0 Å². The zero-order chi connectivity index (χ0) is 20.5. The number of carbonyl (C=O) groups is 1. The summed E-state index contributed by atoms with van der Waals surface area (Å²) in [6.07, 6.45) is 1.70. The molecule has 0 fully saturated rings. The first-order chi connectivity index (χ1) is 14.2. The van der Waals surface area contributed by atoms with Gasteiger partial charge in [0.1, 0.15) is 11.5 Å². The van der Waals surface area contributed by atoms with E-state index in [9.17, 15) is 4.79 Å². The quantitative estimate of drug-likeness (QED) is 0.424. The van der Waals surface area contributed by atoms with Crippen LogP contribution in [0, 0.1) is 0 Å². The van der Waals surface area contributed by atoms with Crippen molar-refractivity contribution in [3.05, 3.63) is 88.4 Å². The average Bonchev–Trinajstić information content (AvgIpc) is 2.74. The van der Waals surface area contributed by atoms with E-state index in [1.165, 1.54) is 5.56 Å². The predicted molar refractivity (Wildman–Crippen MR) is 120 cm³/mol. The lowest BCUT2D eigenvalue weighted by Gasteiger charge is -2.13. The Morgan fingerprint density at radius 2 is 1.76 bits per heavy atom.